The van der Waals surface area contributed by atoms with E-state index in [1.807, 2.05) is 29.6 Å². The summed E-state index contributed by atoms with van der Waals surface area (Å²) in [5.74, 6) is 1.41. The predicted molar refractivity (Wildman–Crippen MR) is 84.2 cm³/mol. The SMILES string of the molecule is ClCc1csc(CCCCOc2cccc(Br)c2)n1. The maximum absolute atomic E-state index is 5.72. The molecule has 0 saturated carbocycles. The standard InChI is InChI=1S/C14H15BrClNOS/c15-11-4-3-5-13(8-11)18-7-2-1-6-14-17-12(9-16)10-19-14/h3-5,8,10H,1-2,6-7,9H2. The number of benzene rings is 1. The summed E-state index contributed by atoms with van der Waals surface area (Å²) in [5.41, 5.74) is 0.979. The van der Waals surface area contributed by atoms with Crippen molar-refractivity contribution in [2.24, 2.45) is 0 Å². The van der Waals surface area contributed by atoms with Crippen molar-refractivity contribution in [2.75, 3.05) is 6.61 Å². The second-order valence-corrected chi connectivity index (χ2v) is 6.25. The molecule has 19 heavy (non-hydrogen) atoms. The van der Waals surface area contributed by atoms with Gasteiger partial charge in [0, 0.05) is 9.85 Å². The number of thiazole rings is 1. The van der Waals surface area contributed by atoms with Crippen molar-refractivity contribution in [2.45, 2.75) is 25.1 Å². The first-order valence-electron chi connectivity index (χ1n) is 6.15. The smallest absolute Gasteiger partial charge is 0.120 e. The molecule has 102 valence electrons. The van der Waals surface area contributed by atoms with Gasteiger partial charge in [0.25, 0.3) is 0 Å². The Morgan fingerprint density at radius 3 is 2.95 bits per heavy atom. The summed E-state index contributed by atoms with van der Waals surface area (Å²) in [6.45, 7) is 0.740. The van der Waals surface area contributed by atoms with E-state index >= 15 is 0 Å². The van der Waals surface area contributed by atoms with Crippen LogP contribution in [0.5, 0.6) is 5.75 Å². The molecular formula is C14H15BrClNOS. The molecule has 0 unspecified atom stereocenters. The van der Waals surface area contributed by atoms with Crippen molar-refractivity contribution < 1.29 is 4.74 Å². The van der Waals surface area contributed by atoms with Crippen molar-refractivity contribution in [1.29, 1.82) is 0 Å². The zero-order valence-electron chi connectivity index (χ0n) is 10.4. The molecule has 5 heteroatoms. The van der Waals surface area contributed by atoms with Crippen molar-refractivity contribution in [3.8, 4) is 5.75 Å². The van der Waals surface area contributed by atoms with Gasteiger partial charge in [-0.25, -0.2) is 4.98 Å². The molecule has 1 heterocycles. The van der Waals surface area contributed by atoms with Gasteiger partial charge < -0.3 is 4.74 Å². The maximum atomic E-state index is 5.72. The summed E-state index contributed by atoms with van der Waals surface area (Å²) in [7, 11) is 0. The lowest BCUT2D eigenvalue weighted by Crippen LogP contribution is -1.98. The Balaban J connectivity index is 1.64. The first-order valence-corrected chi connectivity index (χ1v) is 8.36. The van der Waals surface area contributed by atoms with Gasteiger partial charge in [-0.2, -0.15) is 0 Å². The Morgan fingerprint density at radius 1 is 1.32 bits per heavy atom. The molecule has 0 amide bonds. The van der Waals surface area contributed by atoms with Crippen molar-refractivity contribution >= 4 is 38.9 Å². The Morgan fingerprint density at radius 2 is 2.21 bits per heavy atom. The molecule has 1 aromatic carbocycles. The van der Waals surface area contributed by atoms with Gasteiger partial charge in [0.1, 0.15) is 5.75 Å². The lowest BCUT2D eigenvalue weighted by atomic mass is 10.2. The number of aromatic nitrogens is 1. The quantitative estimate of drug-likeness (QED) is 0.509. The zero-order chi connectivity index (χ0) is 13.5. The third-order valence-corrected chi connectivity index (χ3v) is 4.31. The highest BCUT2D eigenvalue weighted by molar-refractivity contribution is 9.10. The summed E-state index contributed by atoms with van der Waals surface area (Å²) in [4.78, 5) is 4.44. The fraction of sp³-hybridized carbons (Fsp3) is 0.357. The third-order valence-electron chi connectivity index (χ3n) is 2.59. The van der Waals surface area contributed by atoms with E-state index in [1.165, 1.54) is 0 Å². The van der Waals surface area contributed by atoms with E-state index in [9.17, 15) is 0 Å². The number of aryl methyl sites for hydroxylation is 1. The molecule has 0 radical (unpaired) electrons. The van der Waals surface area contributed by atoms with Gasteiger partial charge in [-0.05, 0) is 37.5 Å². The topological polar surface area (TPSA) is 22.1 Å². The second kappa shape index (κ2) is 7.88. The third kappa shape index (κ3) is 5.13. The molecule has 0 fully saturated rings. The number of hydrogen-bond donors (Lipinski definition) is 0. The predicted octanol–water partition coefficient (Wildman–Crippen LogP) is 5.05. The van der Waals surface area contributed by atoms with E-state index in [2.05, 4.69) is 20.9 Å². The van der Waals surface area contributed by atoms with Crippen molar-refractivity contribution in [3.63, 3.8) is 0 Å². The van der Waals surface area contributed by atoms with Gasteiger partial charge in [-0.3, -0.25) is 0 Å². The molecule has 1 aromatic heterocycles. The Labute approximate surface area is 130 Å². The first-order chi connectivity index (χ1) is 9.28. The lowest BCUT2D eigenvalue weighted by molar-refractivity contribution is 0.307. The summed E-state index contributed by atoms with van der Waals surface area (Å²) >= 11 is 10.8. The summed E-state index contributed by atoms with van der Waals surface area (Å²) < 4.78 is 6.73. The van der Waals surface area contributed by atoms with Gasteiger partial charge in [-0.1, -0.05) is 22.0 Å². The van der Waals surface area contributed by atoms with Crippen LogP contribution in [0.25, 0.3) is 0 Å². The zero-order valence-corrected chi connectivity index (χ0v) is 13.6. The van der Waals surface area contributed by atoms with Gasteiger partial charge >= 0.3 is 0 Å². The van der Waals surface area contributed by atoms with Crippen molar-refractivity contribution in [1.82, 2.24) is 4.98 Å². The van der Waals surface area contributed by atoms with Gasteiger partial charge in [-0.15, -0.1) is 22.9 Å². The highest BCUT2D eigenvalue weighted by Crippen LogP contribution is 2.18. The Bertz CT molecular complexity index is 518. The van der Waals surface area contributed by atoms with E-state index in [0.717, 1.165) is 46.8 Å². The minimum Gasteiger partial charge on any atom is -0.494 e. The van der Waals surface area contributed by atoms with E-state index in [-0.39, 0.29) is 0 Å². The lowest BCUT2D eigenvalue weighted by Gasteiger charge is -2.05. The number of hydrogen-bond acceptors (Lipinski definition) is 3. The molecule has 0 atom stereocenters. The van der Waals surface area contributed by atoms with Crippen LogP contribution in [0.3, 0.4) is 0 Å². The van der Waals surface area contributed by atoms with E-state index in [0.29, 0.717) is 5.88 Å². The molecule has 0 bridgehead atoms. The highest BCUT2D eigenvalue weighted by Gasteiger charge is 2.01. The highest BCUT2D eigenvalue weighted by atomic mass is 79.9. The number of nitrogens with zero attached hydrogens (tertiary/aromatic N) is 1. The molecule has 2 nitrogen and oxygen atoms in total. The average molecular weight is 361 g/mol. The maximum Gasteiger partial charge on any atom is 0.120 e. The molecule has 0 aliphatic rings. The van der Waals surface area contributed by atoms with Crippen LogP contribution in [0, 0.1) is 0 Å². The Hall–Kier alpha value is -0.580. The first kappa shape index (κ1) is 14.8. The van der Waals surface area contributed by atoms with Crippen LogP contribution in [0.4, 0.5) is 0 Å². The van der Waals surface area contributed by atoms with Crippen LogP contribution in [0.15, 0.2) is 34.1 Å². The van der Waals surface area contributed by atoms with E-state index < -0.39 is 0 Å². The van der Waals surface area contributed by atoms with Gasteiger partial charge in [0.15, 0.2) is 0 Å². The van der Waals surface area contributed by atoms with Crippen LogP contribution < -0.4 is 4.74 Å². The molecule has 0 saturated heterocycles. The van der Waals surface area contributed by atoms with Crippen molar-refractivity contribution in [3.05, 3.63) is 44.8 Å². The normalized spacial score (nSPS) is 10.6. The molecule has 2 rings (SSSR count). The van der Waals surface area contributed by atoms with Crippen LogP contribution in [-0.4, -0.2) is 11.6 Å². The number of ether oxygens (including phenoxy) is 1. The number of alkyl halides is 1. The fourth-order valence-electron chi connectivity index (χ4n) is 1.65. The average Bonchev–Trinajstić information content (AvgIpc) is 2.86. The summed E-state index contributed by atoms with van der Waals surface area (Å²) in [6, 6.07) is 7.92. The molecule has 0 N–H and O–H groups in total. The summed E-state index contributed by atoms with van der Waals surface area (Å²) in [6.07, 6.45) is 3.12. The number of halogens is 2. The van der Waals surface area contributed by atoms with Crippen LogP contribution in [0.2, 0.25) is 0 Å². The van der Waals surface area contributed by atoms with E-state index in [4.69, 9.17) is 16.3 Å². The molecule has 0 spiro atoms. The monoisotopic (exact) mass is 359 g/mol. The second-order valence-electron chi connectivity index (χ2n) is 4.13. The largest absolute Gasteiger partial charge is 0.494 e. The molecular weight excluding hydrogens is 346 g/mol. The van der Waals surface area contributed by atoms with E-state index in [1.54, 1.807) is 11.3 Å². The minimum atomic E-state index is 0.502. The van der Waals surface area contributed by atoms with Gasteiger partial charge in [0.05, 0.1) is 23.2 Å². The number of unbranched alkanes of at least 4 members (excludes halogenated alkanes) is 1. The molecule has 2 aromatic rings. The molecule has 0 aliphatic heterocycles. The molecule has 0 aliphatic carbocycles. The summed E-state index contributed by atoms with van der Waals surface area (Å²) in [5, 5.41) is 3.19. The van der Waals surface area contributed by atoms with Crippen LogP contribution in [-0.2, 0) is 12.3 Å². The Kier molecular flexibility index (Phi) is 6.14. The van der Waals surface area contributed by atoms with Crippen LogP contribution in [0.1, 0.15) is 23.5 Å². The van der Waals surface area contributed by atoms with Crippen LogP contribution >= 0.6 is 38.9 Å². The fourth-order valence-corrected chi connectivity index (χ4v) is 3.10. The van der Waals surface area contributed by atoms with Gasteiger partial charge in [0.2, 0.25) is 0 Å². The minimum absolute atomic E-state index is 0.502. The number of rotatable bonds is 7.